The number of fused-ring (bicyclic) bond motifs is 1. The molecule has 1 saturated carbocycles. The lowest BCUT2D eigenvalue weighted by atomic mass is 9.83. The lowest BCUT2D eigenvalue weighted by Crippen LogP contribution is -2.38. The first kappa shape index (κ1) is 16.4. The van der Waals surface area contributed by atoms with Crippen LogP contribution in [0.3, 0.4) is 0 Å². The van der Waals surface area contributed by atoms with E-state index in [-0.39, 0.29) is 6.04 Å². The van der Waals surface area contributed by atoms with Crippen LogP contribution >= 0.6 is 11.6 Å². The summed E-state index contributed by atoms with van der Waals surface area (Å²) in [4.78, 5) is 8.51. The number of hydrogen-bond acceptors (Lipinski definition) is 4. The highest BCUT2D eigenvalue weighted by atomic mass is 35.5. The van der Waals surface area contributed by atoms with Gasteiger partial charge in [-0.05, 0) is 56.9 Å². The Hall–Kier alpha value is -2.11. The molecule has 0 saturated heterocycles. The van der Waals surface area contributed by atoms with Gasteiger partial charge in [-0.2, -0.15) is 0 Å². The Morgan fingerprint density at radius 1 is 1.32 bits per heavy atom. The molecule has 0 bridgehead atoms. The summed E-state index contributed by atoms with van der Waals surface area (Å²) in [5, 5.41) is 14.3. The van der Waals surface area contributed by atoms with Crippen molar-refractivity contribution in [2.24, 2.45) is 0 Å². The van der Waals surface area contributed by atoms with Gasteiger partial charge in [-0.15, -0.1) is 0 Å². The number of nitrogens with zero attached hydrogens (tertiary/aromatic N) is 3. The van der Waals surface area contributed by atoms with Crippen LogP contribution in [0, 0.1) is 0 Å². The maximum atomic E-state index is 10.3. The van der Waals surface area contributed by atoms with Gasteiger partial charge in [0.1, 0.15) is 10.8 Å². The van der Waals surface area contributed by atoms with E-state index in [2.05, 4.69) is 25.9 Å². The van der Waals surface area contributed by atoms with Crippen molar-refractivity contribution in [3.8, 4) is 11.3 Å². The predicted molar refractivity (Wildman–Crippen MR) is 99.9 cm³/mol. The van der Waals surface area contributed by atoms with E-state index in [1.807, 2.05) is 37.4 Å². The molecular formula is C19H21ClN4O. The van der Waals surface area contributed by atoms with Gasteiger partial charge in [0.05, 0.1) is 23.2 Å². The lowest BCUT2D eigenvalue weighted by Gasteiger charge is -2.34. The third-order valence-electron chi connectivity index (χ3n) is 4.85. The molecule has 3 aromatic heterocycles. The van der Waals surface area contributed by atoms with Crippen molar-refractivity contribution in [1.29, 1.82) is 0 Å². The monoisotopic (exact) mass is 356 g/mol. The molecule has 3 heterocycles. The van der Waals surface area contributed by atoms with Crippen molar-refractivity contribution < 1.29 is 5.11 Å². The van der Waals surface area contributed by atoms with Gasteiger partial charge in [0.15, 0.2) is 0 Å². The fourth-order valence-electron chi connectivity index (χ4n) is 3.66. The van der Waals surface area contributed by atoms with Gasteiger partial charge < -0.3 is 10.4 Å². The molecule has 25 heavy (non-hydrogen) atoms. The Kier molecular flexibility index (Phi) is 4.13. The number of anilines is 1. The van der Waals surface area contributed by atoms with Gasteiger partial charge in [0.25, 0.3) is 0 Å². The van der Waals surface area contributed by atoms with Crippen LogP contribution in [0.5, 0.6) is 0 Å². The number of rotatable bonds is 3. The number of halogens is 1. The van der Waals surface area contributed by atoms with Crippen LogP contribution < -0.4 is 5.32 Å². The van der Waals surface area contributed by atoms with E-state index in [1.54, 1.807) is 6.20 Å². The molecule has 0 aliphatic heterocycles. The number of imidazole rings is 1. The Morgan fingerprint density at radius 3 is 3.00 bits per heavy atom. The molecule has 2 unspecified atom stereocenters. The number of nitrogens with one attached hydrogen (secondary N) is 1. The minimum absolute atomic E-state index is 0.281. The normalized spacial score (nSPS) is 23.7. The second-order valence-electron chi connectivity index (χ2n) is 7.09. The molecule has 1 aliphatic rings. The predicted octanol–water partition coefficient (Wildman–Crippen LogP) is 4.16. The van der Waals surface area contributed by atoms with Crippen LogP contribution in [0.1, 0.15) is 32.6 Å². The van der Waals surface area contributed by atoms with Crippen molar-refractivity contribution in [3.05, 3.63) is 48.0 Å². The maximum absolute atomic E-state index is 10.3. The van der Waals surface area contributed by atoms with E-state index in [9.17, 15) is 5.11 Å². The van der Waals surface area contributed by atoms with Gasteiger partial charge in [0, 0.05) is 24.0 Å². The maximum Gasteiger partial charge on any atom is 0.137 e. The summed E-state index contributed by atoms with van der Waals surface area (Å²) in [5.41, 5.74) is 3.27. The fourth-order valence-corrected chi connectivity index (χ4v) is 3.84. The molecular weight excluding hydrogens is 336 g/mol. The molecule has 2 atom stereocenters. The highest BCUT2D eigenvalue weighted by Crippen LogP contribution is 2.30. The zero-order valence-electron chi connectivity index (χ0n) is 14.1. The highest BCUT2D eigenvalue weighted by molar-refractivity contribution is 6.29. The van der Waals surface area contributed by atoms with Gasteiger partial charge in [-0.3, -0.25) is 4.40 Å². The van der Waals surface area contributed by atoms with Gasteiger partial charge >= 0.3 is 0 Å². The zero-order valence-corrected chi connectivity index (χ0v) is 14.9. The Balaban J connectivity index is 1.64. The standard InChI is InChI=1S/C19H21ClN4O/c1-19(25)7-2-3-14(10-19)23-15-4-5-18-22-11-16(24(18)12-15)13-6-8-21-17(20)9-13/h4-6,8-9,11-12,14,23,25H,2-3,7,10H2,1H3. The largest absolute Gasteiger partial charge is 0.390 e. The topological polar surface area (TPSA) is 62.5 Å². The fraction of sp³-hybridized carbons (Fsp3) is 0.368. The quantitative estimate of drug-likeness (QED) is 0.692. The smallest absolute Gasteiger partial charge is 0.137 e. The molecule has 2 N–H and O–H groups in total. The van der Waals surface area contributed by atoms with Crippen molar-refractivity contribution in [3.63, 3.8) is 0 Å². The van der Waals surface area contributed by atoms with Crippen LogP contribution in [-0.2, 0) is 0 Å². The number of aromatic nitrogens is 3. The van der Waals surface area contributed by atoms with Crippen LogP contribution in [0.25, 0.3) is 16.9 Å². The second kappa shape index (κ2) is 6.32. The molecule has 1 aliphatic carbocycles. The third-order valence-corrected chi connectivity index (χ3v) is 5.06. The molecule has 0 spiro atoms. The first-order chi connectivity index (χ1) is 12.0. The summed E-state index contributed by atoms with van der Waals surface area (Å²) < 4.78 is 2.05. The lowest BCUT2D eigenvalue weighted by molar-refractivity contribution is 0.0182. The minimum Gasteiger partial charge on any atom is -0.390 e. The van der Waals surface area contributed by atoms with E-state index in [1.165, 1.54) is 0 Å². The first-order valence-electron chi connectivity index (χ1n) is 8.58. The second-order valence-corrected chi connectivity index (χ2v) is 7.48. The summed E-state index contributed by atoms with van der Waals surface area (Å²) in [6.45, 7) is 1.92. The molecule has 3 aromatic rings. The van der Waals surface area contributed by atoms with Crippen molar-refractivity contribution in [2.45, 2.75) is 44.2 Å². The summed E-state index contributed by atoms with van der Waals surface area (Å²) in [6, 6.07) is 8.07. The van der Waals surface area contributed by atoms with Gasteiger partial charge in [-0.1, -0.05) is 11.6 Å². The minimum atomic E-state index is -0.575. The summed E-state index contributed by atoms with van der Waals surface area (Å²) in [7, 11) is 0. The zero-order chi connectivity index (χ0) is 17.4. The van der Waals surface area contributed by atoms with Crippen LogP contribution in [-0.4, -0.2) is 31.1 Å². The SMILES string of the molecule is CC1(O)CCCC(Nc2ccc3ncc(-c4ccnc(Cl)c4)n3c2)C1. The molecule has 0 amide bonds. The molecule has 0 aromatic carbocycles. The van der Waals surface area contributed by atoms with E-state index in [0.29, 0.717) is 5.15 Å². The Morgan fingerprint density at radius 2 is 2.20 bits per heavy atom. The molecule has 130 valence electrons. The highest BCUT2D eigenvalue weighted by Gasteiger charge is 2.29. The van der Waals surface area contributed by atoms with Gasteiger partial charge in [-0.25, -0.2) is 9.97 Å². The van der Waals surface area contributed by atoms with E-state index in [0.717, 1.165) is 48.3 Å². The summed E-state index contributed by atoms with van der Waals surface area (Å²) >= 11 is 6.02. The van der Waals surface area contributed by atoms with Crippen LogP contribution in [0.4, 0.5) is 5.69 Å². The van der Waals surface area contributed by atoms with Gasteiger partial charge in [0.2, 0.25) is 0 Å². The van der Waals surface area contributed by atoms with Crippen molar-refractivity contribution in [1.82, 2.24) is 14.4 Å². The van der Waals surface area contributed by atoms with Crippen molar-refractivity contribution >= 4 is 22.9 Å². The number of pyridine rings is 2. The third kappa shape index (κ3) is 3.48. The van der Waals surface area contributed by atoms with Crippen LogP contribution in [0.15, 0.2) is 42.9 Å². The van der Waals surface area contributed by atoms with Crippen LogP contribution in [0.2, 0.25) is 5.15 Å². The van der Waals surface area contributed by atoms with E-state index in [4.69, 9.17) is 11.6 Å². The molecule has 5 nitrogen and oxygen atoms in total. The molecule has 0 radical (unpaired) electrons. The Labute approximate surface area is 151 Å². The number of aliphatic hydroxyl groups is 1. The van der Waals surface area contributed by atoms with E-state index < -0.39 is 5.60 Å². The first-order valence-corrected chi connectivity index (χ1v) is 8.96. The average Bonchev–Trinajstić information content (AvgIpc) is 2.97. The molecule has 6 heteroatoms. The summed E-state index contributed by atoms with van der Waals surface area (Å²) in [6.07, 6.45) is 9.35. The van der Waals surface area contributed by atoms with E-state index >= 15 is 0 Å². The summed E-state index contributed by atoms with van der Waals surface area (Å²) in [5.74, 6) is 0. The molecule has 4 rings (SSSR count). The van der Waals surface area contributed by atoms with Crippen molar-refractivity contribution in [2.75, 3.05) is 5.32 Å². The average molecular weight is 357 g/mol. The molecule has 1 fully saturated rings. The number of hydrogen-bond donors (Lipinski definition) is 2. The Bertz CT molecular complexity index is 905.